The molecule has 0 spiro atoms. The lowest BCUT2D eigenvalue weighted by Crippen LogP contribution is -2.49. The number of halogens is 1. The molecule has 4 rings (SSSR count). The molecule has 0 atom stereocenters. The molecule has 0 radical (unpaired) electrons. The van der Waals surface area contributed by atoms with E-state index in [1.807, 2.05) is 17.0 Å². The van der Waals surface area contributed by atoms with Crippen LogP contribution in [-0.2, 0) is 0 Å². The van der Waals surface area contributed by atoms with Gasteiger partial charge in [0, 0.05) is 48.9 Å². The second kappa shape index (κ2) is 8.47. The molecular formula is C22H20FN5O3. The molecule has 0 N–H and O–H groups in total. The van der Waals surface area contributed by atoms with Gasteiger partial charge in [-0.25, -0.2) is 4.39 Å². The second-order valence-corrected chi connectivity index (χ2v) is 7.32. The summed E-state index contributed by atoms with van der Waals surface area (Å²) in [4.78, 5) is 27.2. The van der Waals surface area contributed by atoms with Gasteiger partial charge in [0.2, 0.25) is 0 Å². The summed E-state index contributed by atoms with van der Waals surface area (Å²) in [6.45, 7) is 3.74. The summed E-state index contributed by atoms with van der Waals surface area (Å²) in [5.41, 5.74) is 2.21. The van der Waals surface area contributed by atoms with E-state index in [1.54, 1.807) is 36.1 Å². The summed E-state index contributed by atoms with van der Waals surface area (Å²) in [7, 11) is 0. The fourth-order valence-electron chi connectivity index (χ4n) is 3.53. The maximum Gasteiger partial charge on any atom is 0.273 e. The van der Waals surface area contributed by atoms with Gasteiger partial charge in [-0.05, 0) is 49.4 Å². The molecule has 158 valence electrons. The van der Waals surface area contributed by atoms with E-state index >= 15 is 0 Å². The molecule has 0 saturated carbocycles. The normalized spacial score (nSPS) is 13.9. The van der Waals surface area contributed by atoms with Crippen LogP contribution in [0.2, 0.25) is 0 Å². The highest BCUT2D eigenvalue weighted by atomic mass is 19.1. The first-order chi connectivity index (χ1) is 14.9. The Bertz CT molecular complexity index is 1110. The molecule has 8 nitrogen and oxygen atoms in total. The SMILES string of the molecule is Cc1ccc(C(=O)N2CCN(c3ccc(-c4ccc(F)cc4)nn3)CC2)cc1[N+](=O)[O-]. The van der Waals surface area contributed by atoms with Crippen molar-refractivity contribution in [1.29, 1.82) is 0 Å². The van der Waals surface area contributed by atoms with Crippen LogP contribution in [0, 0.1) is 22.9 Å². The lowest BCUT2D eigenvalue weighted by molar-refractivity contribution is -0.385. The number of nitro groups is 1. The van der Waals surface area contributed by atoms with Gasteiger partial charge >= 0.3 is 0 Å². The zero-order valence-electron chi connectivity index (χ0n) is 16.9. The van der Waals surface area contributed by atoms with Crippen molar-refractivity contribution in [2.45, 2.75) is 6.92 Å². The Morgan fingerprint density at radius 2 is 1.71 bits per heavy atom. The number of carbonyl (C=O) groups excluding carboxylic acids is 1. The third kappa shape index (κ3) is 4.35. The molecule has 1 aliphatic rings. The fourth-order valence-corrected chi connectivity index (χ4v) is 3.53. The summed E-state index contributed by atoms with van der Waals surface area (Å²) >= 11 is 0. The Morgan fingerprint density at radius 1 is 1.00 bits per heavy atom. The molecule has 0 aliphatic carbocycles. The highest BCUT2D eigenvalue weighted by Gasteiger charge is 2.24. The minimum atomic E-state index is -0.474. The number of benzene rings is 2. The number of carbonyl (C=O) groups is 1. The summed E-state index contributed by atoms with van der Waals surface area (Å²) in [6.07, 6.45) is 0. The van der Waals surface area contributed by atoms with Gasteiger partial charge in [-0.1, -0.05) is 6.07 Å². The van der Waals surface area contributed by atoms with Gasteiger partial charge in [-0.2, -0.15) is 0 Å². The third-order valence-electron chi connectivity index (χ3n) is 5.33. The van der Waals surface area contributed by atoms with Crippen LogP contribution in [0.4, 0.5) is 15.9 Å². The van der Waals surface area contributed by atoms with Crippen molar-refractivity contribution in [3.05, 3.63) is 81.7 Å². The van der Waals surface area contributed by atoms with Crippen LogP contribution in [-0.4, -0.2) is 52.1 Å². The largest absolute Gasteiger partial charge is 0.352 e. The molecule has 3 aromatic rings. The molecule has 0 unspecified atom stereocenters. The summed E-state index contributed by atoms with van der Waals surface area (Å²) < 4.78 is 13.1. The maximum atomic E-state index is 13.1. The van der Waals surface area contributed by atoms with Crippen LogP contribution in [0.15, 0.2) is 54.6 Å². The predicted molar refractivity (Wildman–Crippen MR) is 113 cm³/mol. The fraction of sp³-hybridized carbons (Fsp3) is 0.227. The molecule has 1 saturated heterocycles. The zero-order valence-corrected chi connectivity index (χ0v) is 16.9. The predicted octanol–water partition coefficient (Wildman–Crippen LogP) is 3.46. The van der Waals surface area contributed by atoms with Crippen molar-refractivity contribution in [3.8, 4) is 11.3 Å². The Kier molecular flexibility index (Phi) is 5.57. The molecular weight excluding hydrogens is 401 g/mol. The highest BCUT2D eigenvalue weighted by molar-refractivity contribution is 5.95. The zero-order chi connectivity index (χ0) is 22.0. The van der Waals surface area contributed by atoms with Crippen molar-refractivity contribution in [2.24, 2.45) is 0 Å². The number of nitrogens with zero attached hydrogens (tertiary/aromatic N) is 5. The van der Waals surface area contributed by atoms with E-state index < -0.39 is 4.92 Å². The number of aryl methyl sites for hydroxylation is 1. The molecule has 1 amide bonds. The van der Waals surface area contributed by atoms with E-state index in [1.165, 1.54) is 18.2 Å². The van der Waals surface area contributed by atoms with E-state index in [-0.39, 0.29) is 17.4 Å². The molecule has 1 aliphatic heterocycles. The van der Waals surface area contributed by atoms with Crippen LogP contribution in [0.5, 0.6) is 0 Å². The number of nitro benzene ring substituents is 1. The first-order valence-corrected chi connectivity index (χ1v) is 9.81. The average Bonchev–Trinajstić information content (AvgIpc) is 2.79. The van der Waals surface area contributed by atoms with Crippen LogP contribution < -0.4 is 4.90 Å². The van der Waals surface area contributed by atoms with Gasteiger partial charge in [0.15, 0.2) is 5.82 Å². The van der Waals surface area contributed by atoms with Crippen LogP contribution in [0.25, 0.3) is 11.3 Å². The standard InChI is InChI=1S/C22H20FN5O3/c1-15-2-3-17(14-20(15)28(30)31)22(29)27-12-10-26(11-13-27)21-9-8-19(24-25-21)16-4-6-18(23)7-5-16/h2-9,14H,10-13H2,1H3. The van der Waals surface area contributed by atoms with E-state index in [0.717, 1.165) is 5.56 Å². The molecule has 1 aromatic heterocycles. The smallest absolute Gasteiger partial charge is 0.273 e. The van der Waals surface area contributed by atoms with E-state index in [0.29, 0.717) is 48.8 Å². The lowest BCUT2D eigenvalue weighted by Gasteiger charge is -2.35. The van der Waals surface area contributed by atoms with E-state index in [9.17, 15) is 19.3 Å². The van der Waals surface area contributed by atoms with Crippen molar-refractivity contribution in [1.82, 2.24) is 15.1 Å². The minimum absolute atomic E-state index is 0.0546. The number of rotatable bonds is 4. The van der Waals surface area contributed by atoms with E-state index in [2.05, 4.69) is 10.2 Å². The summed E-state index contributed by atoms with van der Waals surface area (Å²) in [5.74, 6) is 0.172. The molecule has 31 heavy (non-hydrogen) atoms. The van der Waals surface area contributed by atoms with Crippen molar-refractivity contribution >= 4 is 17.4 Å². The number of aromatic nitrogens is 2. The number of piperazine rings is 1. The third-order valence-corrected chi connectivity index (χ3v) is 5.33. The number of hydrogen-bond acceptors (Lipinski definition) is 6. The first-order valence-electron chi connectivity index (χ1n) is 9.81. The number of amides is 1. The average molecular weight is 421 g/mol. The first kappa shape index (κ1) is 20.4. The van der Waals surface area contributed by atoms with E-state index in [4.69, 9.17) is 0 Å². The van der Waals surface area contributed by atoms with Gasteiger partial charge in [0.25, 0.3) is 11.6 Å². The summed E-state index contributed by atoms with van der Waals surface area (Å²) in [5, 5.41) is 19.7. The Labute approximate surface area is 178 Å². The molecule has 0 bridgehead atoms. The maximum absolute atomic E-state index is 13.1. The Balaban J connectivity index is 1.40. The van der Waals surface area contributed by atoms with Crippen LogP contribution in [0.3, 0.4) is 0 Å². The number of anilines is 1. The van der Waals surface area contributed by atoms with Crippen molar-refractivity contribution in [3.63, 3.8) is 0 Å². The van der Waals surface area contributed by atoms with Crippen molar-refractivity contribution < 1.29 is 14.1 Å². The van der Waals surface area contributed by atoms with Gasteiger partial charge in [-0.3, -0.25) is 14.9 Å². The van der Waals surface area contributed by atoms with Gasteiger partial charge in [0.1, 0.15) is 5.82 Å². The molecule has 2 heterocycles. The van der Waals surface area contributed by atoms with Gasteiger partial charge < -0.3 is 9.80 Å². The summed E-state index contributed by atoms with van der Waals surface area (Å²) in [6, 6.07) is 14.3. The molecule has 9 heteroatoms. The lowest BCUT2D eigenvalue weighted by atomic mass is 10.1. The minimum Gasteiger partial charge on any atom is -0.352 e. The van der Waals surface area contributed by atoms with Gasteiger partial charge in [0.05, 0.1) is 10.6 Å². The topological polar surface area (TPSA) is 92.5 Å². The monoisotopic (exact) mass is 421 g/mol. The Morgan fingerprint density at radius 3 is 2.32 bits per heavy atom. The quantitative estimate of drug-likeness (QED) is 0.473. The van der Waals surface area contributed by atoms with Crippen LogP contribution in [0.1, 0.15) is 15.9 Å². The highest BCUT2D eigenvalue weighted by Crippen LogP contribution is 2.22. The number of hydrogen-bond donors (Lipinski definition) is 0. The molecule has 1 fully saturated rings. The molecule has 2 aromatic carbocycles. The second-order valence-electron chi connectivity index (χ2n) is 7.32. The van der Waals surface area contributed by atoms with Gasteiger partial charge in [-0.15, -0.1) is 10.2 Å². The van der Waals surface area contributed by atoms with Crippen molar-refractivity contribution in [2.75, 3.05) is 31.1 Å². The Hall–Kier alpha value is -3.88. The van der Waals surface area contributed by atoms with Crippen LogP contribution >= 0.6 is 0 Å².